The Kier molecular flexibility index (Phi) is 8.43. The van der Waals surface area contributed by atoms with E-state index in [2.05, 4.69) is 13.2 Å². The van der Waals surface area contributed by atoms with Gasteiger partial charge in [0.05, 0.1) is 13.2 Å². The molecular formula is C9H18O2Si. The Balaban J connectivity index is 3.47. The fourth-order valence-corrected chi connectivity index (χ4v) is 2.54. The zero-order valence-electron chi connectivity index (χ0n) is 7.79. The van der Waals surface area contributed by atoms with Crippen LogP contribution in [0.25, 0.3) is 0 Å². The Morgan fingerprint density at radius 1 is 1.17 bits per heavy atom. The maximum absolute atomic E-state index is 5.63. The summed E-state index contributed by atoms with van der Waals surface area (Å²) < 4.78 is 10.5. The van der Waals surface area contributed by atoms with Crippen molar-refractivity contribution in [2.24, 2.45) is 0 Å². The molecule has 0 aliphatic heterocycles. The lowest BCUT2D eigenvalue weighted by molar-refractivity contribution is 0.146. The third-order valence-corrected chi connectivity index (χ3v) is 3.93. The Labute approximate surface area is 76.6 Å². The summed E-state index contributed by atoms with van der Waals surface area (Å²) in [6, 6.07) is 2.02. The van der Waals surface area contributed by atoms with Gasteiger partial charge in [-0.15, -0.1) is 13.2 Å². The summed E-state index contributed by atoms with van der Waals surface area (Å²) in [6.07, 6.45) is 3.85. The van der Waals surface area contributed by atoms with Gasteiger partial charge in [0.1, 0.15) is 0 Å². The molecule has 0 bridgehead atoms. The van der Waals surface area contributed by atoms with E-state index in [9.17, 15) is 0 Å². The summed E-state index contributed by atoms with van der Waals surface area (Å²) in [4.78, 5) is 0. The Morgan fingerprint density at radius 3 is 2.17 bits per heavy atom. The molecule has 12 heavy (non-hydrogen) atoms. The molecule has 2 nitrogen and oxygen atoms in total. The summed E-state index contributed by atoms with van der Waals surface area (Å²) in [5, 5.41) is 0. The molecule has 0 saturated carbocycles. The summed E-state index contributed by atoms with van der Waals surface area (Å²) >= 11 is 0. The van der Waals surface area contributed by atoms with Gasteiger partial charge >= 0.3 is 0 Å². The van der Waals surface area contributed by atoms with Crippen molar-refractivity contribution in [3.05, 3.63) is 25.3 Å². The second-order valence-corrected chi connectivity index (χ2v) is 5.05. The molecule has 0 N–H and O–H groups in total. The molecule has 0 aromatic heterocycles. The molecule has 0 unspecified atom stereocenters. The lowest BCUT2D eigenvalue weighted by atomic mass is 10.7. The van der Waals surface area contributed by atoms with Gasteiger partial charge in [-0.05, 0) is 12.1 Å². The van der Waals surface area contributed by atoms with Crippen molar-refractivity contribution in [1.29, 1.82) is 0 Å². The number of hydrogen-bond acceptors (Lipinski definition) is 2. The molecule has 0 amide bonds. The molecule has 0 aliphatic carbocycles. The second kappa shape index (κ2) is 8.71. The lowest BCUT2D eigenvalue weighted by Crippen LogP contribution is -2.18. The van der Waals surface area contributed by atoms with Gasteiger partial charge in [-0.1, -0.05) is 12.2 Å². The van der Waals surface area contributed by atoms with Gasteiger partial charge in [-0.25, -0.2) is 0 Å². The minimum atomic E-state index is -1.08. The first kappa shape index (κ1) is 11.6. The van der Waals surface area contributed by atoms with E-state index in [0.717, 1.165) is 12.1 Å². The topological polar surface area (TPSA) is 18.5 Å². The van der Waals surface area contributed by atoms with Crippen molar-refractivity contribution >= 4 is 9.04 Å². The third-order valence-electron chi connectivity index (χ3n) is 1.50. The van der Waals surface area contributed by atoms with Crippen LogP contribution < -0.4 is 0 Å². The molecular weight excluding hydrogens is 168 g/mol. The van der Waals surface area contributed by atoms with Gasteiger partial charge in [0.2, 0.25) is 0 Å². The van der Waals surface area contributed by atoms with E-state index in [-0.39, 0.29) is 0 Å². The molecule has 0 radical (unpaired) electrons. The van der Waals surface area contributed by atoms with Crippen LogP contribution in [0, 0.1) is 0 Å². The number of rotatable bonds is 8. The average molecular weight is 186 g/mol. The molecule has 0 atom stereocenters. The van der Waals surface area contributed by atoms with Crippen molar-refractivity contribution < 1.29 is 9.16 Å². The highest BCUT2D eigenvalue weighted by atomic mass is 28.3. The monoisotopic (exact) mass is 186 g/mol. The SMILES string of the molecule is C=CC[SiH](CC=C)OCCOC. The summed E-state index contributed by atoms with van der Waals surface area (Å²) in [5.41, 5.74) is 0. The molecule has 0 aromatic carbocycles. The predicted molar refractivity (Wildman–Crippen MR) is 55.0 cm³/mol. The molecule has 0 rings (SSSR count). The van der Waals surface area contributed by atoms with E-state index in [1.165, 1.54) is 0 Å². The third kappa shape index (κ3) is 6.33. The van der Waals surface area contributed by atoms with Crippen LogP contribution >= 0.6 is 0 Å². The van der Waals surface area contributed by atoms with Crippen LogP contribution in [-0.2, 0) is 9.16 Å². The minimum Gasteiger partial charge on any atom is -0.417 e. The molecule has 0 heterocycles. The van der Waals surface area contributed by atoms with E-state index in [1.807, 2.05) is 12.2 Å². The molecule has 0 saturated heterocycles. The summed E-state index contributed by atoms with van der Waals surface area (Å²) in [5.74, 6) is 0. The van der Waals surface area contributed by atoms with Crippen molar-refractivity contribution in [3.8, 4) is 0 Å². The molecule has 3 heteroatoms. The Bertz CT molecular complexity index is 116. The van der Waals surface area contributed by atoms with Gasteiger partial charge in [-0.3, -0.25) is 0 Å². The maximum Gasteiger partial charge on any atom is 0.184 e. The fraction of sp³-hybridized carbons (Fsp3) is 0.556. The molecule has 0 aromatic rings. The highest BCUT2D eigenvalue weighted by Crippen LogP contribution is 2.02. The van der Waals surface area contributed by atoms with Crippen LogP contribution in [-0.4, -0.2) is 29.4 Å². The zero-order chi connectivity index (χ0) is 9.23. The average Bonchev–Trinajstić information content (AvgIpc) is 2.06. The van der Waals surface area contributed by atoms with Crippen molar-refractivity contribution in [1.82, 2.24) is 0 Å². The van der Waals surface area contributed by atoms with Gasteiger partial charge in [0.15, 0.2) is 9.04 Å². The van der Waals surface area contributed by atoms with E-state index in [0.29, 0.717) is 13.2 Å². The standard InChI is InChI=1S/C9H18O2Si/c1-4-8-12(9-5-2)11-7-6-10-3/h4-5,12H,1-2,6-9H2,3H3. The van der Waals surface area contributed by atoms with E-state index in [1.54, 1.807) is 7.11 Å². The first-order chi connectivity index (χ1) is 5.85. The van der Waals surface area contributed by atoms with Crippen LogP contribution in [0.3, 0.4) is 0 Å². The van der Waals surface area contributed by atoms with Crippen molar-refractivity contribution in [2.45, 2.75) is 12.1 Å². The number of hydrogen-bond donors (Lipinski definition) is 0. The van der Waals surface area contributed by atoms with E-state index in [4.69, 9.17) is 9.16 Å². The number of methoxy groups -OCH3 is 1. The van der Waals surface area contributed by atoms with Crippen LogP contribution in [0.4, 0.5) is 0 Å². The zero-order valence-corrected chi connectivity index (χ0v) is 8.95. The van der Waals surface area contributed by atoms with Gasteiger partial charge in [-0.2, -0.15) is 0 Å². The highest BCUT2D eigenvalue weighted by molar-refractivity contribution is 6.52. The Hall–Kier alpha value is -0.383. The van der Waals surface area contributed by atoms with Crippen LogP contribution in [0.2, 0.25) is 12.1 Å². The van der Waals surface area contributed by atoms with Crippen LogP contribution in [0.15, 0.2) is 25.3 Å². The highest BCUT2D eigenvalue weighted by Gasteiger charge is 2.06. The molecule has 0 fully saturated rings. The second-order valence-electron chi connectivity index (χ2n) is 2.53. The van der Waals surface area contributed by atoms with Crippen molar-refractivity contribution in [3.63, 3.8) is 0 Å². The first-order valence-corrected chi connectivity index (χ1v) is 6.28. The van der Waals surface area contributed by atoms with Crippen LogP contribution in [0.5, 0.6) is 0 Å². The Morgan fingerprint density at radius 2 is 1.75 bits per heavy atom. The van der Waals surface area contributed by atoms with E-state index >= 15 is 0 Å². The molecule has 70 valence electrons. The number of ether oxygens (including phenoxy) is 1. The van der Waals surface area contributed by atoms with Gasteiger partial charge < -0.3 is 9.16 Å². The van der Waals surface area contributed by atoms with Gasteiger partial charge in [0, 0.05) is 7.11 Å². The minimum absolute atomic E-state index is 0.678. The fourth-order valence-electron chi connectivity index (χ4n) is 0.902. The smallest absolute Gasteiger partial charge is 0.184 e. The van der Waals surface area contributed by atoms with E-state index < -0.39 is 9.04 Å². The maximum atomic E-state index is 5.63. The quantitative estimate of drug-likeness (QED) is 0.327. The number of allylic oxidation sites excluding steroid dienone is 2. The lowest BCUT2D eigenvalue weighted by Gasteiger charge is -2.11. The summed E-state index contributed by atoms with van der Waals surface area (Å²) in [6.45, 7) is 8.78. The normalized spacial score (nSPS) is 10.2. The first-order valence-electron chi connectivity index (χ1n) is 4.17. The largest absolute Gasteiger partial charge is 0.417 e. The summed E-state index contributed by atoms with van der Waals surface area (Å²) in [7, 11) is 0.600. The van der Waals surface area contributed by atoms with Gasteiger partial charge in [0.25, 0.3) is 0 Å². The molecule has 0 aliphatic rings. The predicted octanol–water partition coefficient (Wildman–Crippen LogP) is 1.75. The van der Waals surface area contributed by atoms with Crippen molar-refractivity contribution in [2.75, 3.05) is 20.3 Å². The molecule has 0 spiro atoms. The van der Waals surface area contributed by atoms with Crippen LogP contribution in [0.1, 0.15) is 0 Å².